The van der Waals surface area contributed by atoms with E-state index in [1.165, 1.54) is 5.56 Å². The largest absolute Gasteiger partial charge is 0.311 e. The van der Waals surface area contributed by atoms with Gasteiger partial charge in [-0.25, -0.2) is 0 Å². The summed E-state index contributed by atoms with van der Waals surface area (Å²) in [4.78, 5) is 4.12. The highest BCUT2D eigenvalue weighted by atomic mass is 35.5. The number of rotatable bonds is 4. The molecule has 4 nitrogen and oxygen atoms in total. The second-order valence-corrected chi connectivity index (χ2v) is 4.32. The highest BCUT2D eigenvalue weighted by Gasteiger charge is 2.17. The SMILES string of the molecule is CNC(Cc1cccnc1)c1c(Cl)cnn1C. The standard InChI is InChI=1S/C12H15ClN4/c1-14-11(6-9-4-3-5-15-7-9)12-10(13)8-16-17(12)2/h3-5,7-8,11,14H,6H2,1-2H3. The Labute approximate surface area is 106 Å². The van der Waals surface area contributed by atoms with Crippen LogP contribution in [0, 0.1) is 0 Å². The highest BCUT2D eigenvalue weighted by Crippen LogP contribution is 2.24. The van der Waals surface area contributed by atoms with Gasteiger partial charge in [0.15, 0.2) is 0 Å². The molecule has 0 saturated carbocycles. The molecule has 0 bridgehead atoms. The third kappa shape index (κ3) is 2.65. The molecule has 17 heavy (non-hydrogen) atoms. The van der Waals surface area contributed by atoms with Gasteiger partial charge in [-0.15, -0.1) is 0 Å². The number of hydrogen-bond donors (Lipinski definition) is 1. The summed E-state index contributed by atoms with van der Waals surface area (Å²) in [6, 6.07) is 4.13. The zero-order valence-corrected chi connectivity index (χ0v) is 10.6. The smallest absolute Gasteiger partial charge is 0.0834 e. The van der Waals surface area contributed by atoms with Gasteiger partial charge in [0, 0.05) is 19.4 Å². The van der Waals surface area contributed by atoms with Gasteiger partial charge in [0.2, 0.25) is 0 Å². The summed E-state index contributed by atoms with van der Waals surface area (Å²) in [5, 5.41) is 8.11. The Morgan fingerprint density at radius 2 is 2.29 bits per heavy atom. The zero-order valence-electron chi connectivity index (χ0n) is 9.89. The first-order valence-corrected chi connectivity index (χ1v) is 5.83. The molecular weight excluding hydrogens is 236 g/mol. The number of nitrogens with zero attached hydrogens (tertiary/aromatic N) is 3. The first-order valence-electron chi connectivity index (χ1n) is 5.46. The number of nitrogens with one attached hydrogen (secondary N) is 1. The zero-order chi connectivity index (χ0) is 12.3. The van der Waals surface area contributed by atoms with Gasteiger partial charge >= 0.3 is 0 Å². The molecule has 0 fully saturated rings. The van der Waals surface area contributed by atoms with Crippen LogP contribution in [0.5, 0.6) is 0 Å². The van der Waals surface area contributed by atoms with Crippen molar-refractivity contribution in [3.63, 3.8) is 0 Å². The van der Waals surface area contributed by atoms with E-state index < -0.39 is 0 Å². The molecule has 0 aliphatic carbocycles. The molecule has 0 aromatic carbocycles. The molecule has 0 saturated heterocycles. The van der Waals surface area contributed by atoms with Gasteiger partial charge in [-0.3, -0.25) is 9.67 Å². The fraction of sp³-hybridized carbons (Fsp3) is 0.333. The second-order valence-electron chi connectivity index (χ2n) is 3.91. The number of halogens is 1. The predicted octanol–water partition coefficient (Wildman–Crippen LogP) is 1.97. The summed E-state index contributed by atoms with van der Waals surface area (Å²) in [7, 11) is 3.82. The summed E-state index contributed by atoms with van der Waals surface area (Å²) < 4.78 is 1.81. The predicted molar refractivity (Wildman–Crippen MR) is 68.0 cm³/mol. The summed E-state index contributed by atoms with van der Waals surface area (Å²) in [6.45, 7) is 0. The summed E-state index contributed by atoms with van der Waals surface area (Å²) >= 11 is 6.15. The lowest BCUT2D eigenvalue weighted by Crippen LogP contribution is -2.22. The molecule has 1 N–H and O–H groups in total. The molecular formula is C12H15ClN4. The first-order chi connectivity index (χ1) is 8.22. The molecule has 0 aliphatic rings. The molecule has 1 unspecified atom stereocenters. The monoisotopic (exact) mass is 250 g/mol. The van der Waals surface area contributed by atoms with Crippen molar-refractivity contribution in [1.29, 1.82) is 0 Å². The van der Waals surface area contributed by atoms with Gasteiger partial charge in [-0.05, 0) is 25.1 Å². The van der Waals surface area contributed by atoms with Crippen molar-refractivity contribution in [3.8, 4) is 0 Å². The van der Waals surface area contributed by atoms with Gasteiger partial charge in [0.25, 0.3) is 0 Å². The van der Waals surface area contributed by atoms with Gasteiger partial charge in [-0.1, -0.05) is 17.7 Å². The van der Waals surface area contributed by atoms with Crippen LogP contribution in [-0.2, 0) is 13.5 Å². The van der Waals surface area contributed by atoms with Crippen LogP contribution in [0.2, 0.25) is 5.02 Å². The maximum absolute atomic E-state index is 6.15. The Hall–Kier alpha value is -1.39. The van der Waals surface area contributed by atoms with Crippen LogP contribution in [0.3, 0.4) is 0 Å². The Balaban J connectivity index is 2.23. The van der Waals surface area contributed by atoms with E-state index in [2.05, 4.69) is 21.5 Å². The Morgan fingerprint density at radius 1 is 1.47 bits per heavy atom. The molecule has 2 rings (SSSR count). The molecule has 2 aromatic heterocycles. The molecule has 0 radical (unpaired) electrons. The minimum atomic E-state index is 0.138. The molecule has 0 spiro atoms. The van der Waals surface area contributed by atoms with Crippen LogP contribution in [0.4, 0.5) is 0 Å². The van der Waals surface area contributed by atoms with Crippen molar-refractivity contribution < 1.29 is 0 Å². The van der Waals surface area contributed by atoms with Crippen LogP contribution in [-0.4, -0.2) is 21.8 Å². The average Bonchev–Trinajstić information content (AvgIpc) is 2.68. The topological polar surface area (TPSA) is 42.7 Å². The fourth-order valence-corrected chi connectivity index (χ4v) is 2.20. The van der Waals surface area contributed by atoms with E-state index >= 15 is 0 Å². The number of likely N-dealkylation sites (N-methyl/N-ethyl adjacent to an activating group) is 1. The molecule has 90 valence electrons. The van der Waals surface area contributed by atoms with Crippen molar-refractivity contribution >= 4 is 11.6 Å². The third-order valence-corrected chi connectivity index (χ3v) is 3.07. The third-order valence-electron chi connectivity index (χ3n) is 2.78. The van der Waals surface area contributed by atoms with Crippen molar-refractivity contribution in [2.75, 3.05) is 7.05 Å². The van der Waals surface area contributed by atoms with Crippen LogP contribution < -0.4 is 5.32 Å². The van der Waals surface area contributed by atoms with Crippen LogP contribution in [0.25, 0.3) is 0 Å². The minimum Gasteiger partial charge on any atom is -0.311 e. The molecule has 0 aliphatic heterocycles. The molecule has 2 aromatic rings. The van der Waals surface area contributed by atoms with Crippen molar-refractivity contribution in [1.82, 2.24) is 20.1 Å². The summed E-state index contributed by atoms with van der Waals surface area (Å²) in [5.41, 5.74) is 2.17. The first kappa shape index (κ1) is 12.1. The average molecular weight is 251 g/mol. The molecule has 5 heteroatoms. The van der Waals surface area contributed by atoms with E-state index in [9.17, 15) is 0 Å². The van der Waals surface area contributed by atoms with Gasteiger partial charge in [0.1, 0.15) is 0 Å². The normalized spacial score (nSPS) is 12.6. The maximum atomic E-state index is 6.15. The second kappa shape index (κ2) is 5.29. The molecule has 1 atom stereocenters. The van der Waals surface area contributed by atoms with Crippen molar-refractivity contribution in [3.05, 3.63) is 47.0 Å². The summed E-state index contributed by atoms with van der Waals surface area (Å²) in [6.07, 6.45) is 6.15. The number of pyridine rings is 1. The number of aromatic nitrogens is 3. The lowest BCUT2D eigenvalue weighted by Gasteiger charge is -2.17. The lowest BCUT2D eigenvalue weighted by molar-refractivity contribution is 0.537. The Bertz CT molecular complexity index is 461. The van der Waals surface area contributed by atoms with Crippen molar-refractivity contribution in [2.45, 2.75) is 12.5 Å². The Kier molecular flexibility index (Phi) is 3.76. The minimum absolute atomic E-state index is 0.138. The Morgan fingerprint density at radius 3 is 2.82 bits per heavy atom. The molecule has 0 amide bonds. The van der Waals surface area contributed by atoms with E-state index in [1.807, 2.05) is 26.4 Å². The molecule has 2 heterocycles. The summed E-state index contributed by atoms with van der Waals surface area (Å²) in [5.74, 6) is 0. The lowest BCUT2D eigenvalue weighted by atomic mass is 10.1. The van der Waals surface area contributed by atoms with E-state index in [1.54, 1.807) is 17.1 Å². The van der Waals surface area contributed by atoms with Gasteiger partial charge < -0.3 is 5.32 Å². The van der Waals surface area contributed by atoms with E-state index in [0.29, 0.717) is 5.02 Å². The van der Waals surface area contributed by atoms with E-state index in [-0.39, 0.29) is 6.04 Å². The number of hydrogen-bond acceptors (Lipinski definition) is 3. The fourth-order valence-electron chi connectivity index (χ4n) is 1.90. The quantitative estimate of drug-likeness (QED) is 0.902. The van der Waals surface area contributed by atoms with Gasteiger partial charge in [-0.2, -0.15) is 5.10 Å². The van der Waals surface area contributed by atoms with Gasteiger partial charge in [0.05, 0.1) is 23.0 Å². The maximum Gasteiger partial charge on any atom is 0.0834 e. The highest BCUT2D eigenvalue weighted by molar-refractivity contribution is 6.31. The van der Waals surface area contributed by atoms with Crippen molar-refractivity contribution in [2.24, 2.45) is 7.05 Å². The number of aryl methyl sites for hydroxylation is 1. The van der Waals surface area contributed by atoms with Crippen LogP contribution in [0.1, 0.15) is 17.3 Å². The van der Waals surface area contributed by atoms with Crippen LogP contribution in [0.15, 0.2) is 30.7 Å². The van der Waals surface area contributed by atoms with Crippen LogP contribution >= 0.6 is 11.6 Å². The van der Waals surface area contributed by atoms with E-state index in [0.717, 1.165) is 12.1 Å². The van der Waals surface area contributed by atoms with E-state index in [4.69, 9.17) is 11.6 Å².